The zero-order valence-corrected chi connectivity index (χ0v) is 13.9. The smallest absolute Gasteiger partial charge is 0.444 e. The third-order valence-electron chi connectivity index (χ3n) is 3.93. The van der Waals surface area contributed by atoms with E-state index in [1.54, 1.807) is 6.07 Å². The van der Waals surface area contributed by atoms with Crippen LogP contribution in [0.4, 0.5) is 0 Å². The van der Waals surface area contributed by atoms with Crippen LogP contribution in [0, 0.1) is 0 Å². The maximum atomic E-state index is 12.2. The van der Waals surface area contributed by atoms with E-state index in [2.05, 4.69) is 5.10 Å². The number of nitrogens with zero attached hydrogens (tertiary/aromatic N) is 2. The molecule has 0 unspecified atom stereocenters. The van der Waals surface area contributed by atoms with Crippen LogP contribution in [0.25, 0.3) is 16.8 Å². The highest BCUT2D eigenvalue weighted by Crippen LogP contribution is 2.21. The summed E-state index contributed by atoms with van der Waals surface area (Å²) >= 11 is 0. The summed E-state index contributed by atoms with van der Waals surface area (Å²) in [4.78, 5) is 12.2. The van der Waals surface area contributed by atoms with Gasteiger partial charge in [-0.25, -0.2) is 4.79 Å². The molecule has 5 heteroatoms. The van der Waals surface area contributed by atoms with E-state index in [1.807, 2.05) is 78.9 Å². The van der Waals surface area contributed by atoms with E-state index in [0.717, 1.165) is 16.7 Å². The number of hydrogen-bond donors (Lipinski definition) is 0. The molecule has 4 rings (SSSR count). The lowest BCUT2D eigenvalue weighted by atomic mass is 10.1. The second kappa shape index (κ2) is 7.11. The van der Waals surface area contributed by atoms with Crippen LogP contribution in [0.3, 0.4) is 0 Å². The van der Waals surface area contributed by atoms with E-state index in [0.29, 0.717) is 5.69 Å². The molecule has 4 aromatic rings. The topological polar surface area (TPSA) is 57.3 Å². The van der Waals surface area contributed by atoms with Gasteiger partial charge in [0.25, 0.3) is 0 Å². The van der Waals surface area contributed by atoms with Gasteiger partial charge in [0.05, 0.1) is 5.69 Å². The largest absolute Gasteiger partial charge is 0.444 e. The van der Waals surface area contributed by atoms with Gasteiger partial charge in [0.1, 0.15) is 6.61 Å². The zero-order valence-electron chi connectivity index (χ0n) is 13.9. The summed E-state index contributed by atoms with van der Waals surface area (Å²) < 4.78 is 11.8. The molecule has 26 heavy (non-hydrogen) atoms. The van der Waals surface area contributed by atoms with Gasteiger partial charge < -0.3 is 9.15 Å². The highest BCUT2D eigenvalue weighted by atomic mass is 16.6. The molecule has 0 atom stereocenters. The van der Waals surface area contributed by atoms with Gasteiger partial charge in [-0.2, -0.15) is 4.68 Å². The van der Waals surface area contributed by atoms with Crippen molar-refractivity contribution in [3.8, 4) is 22.9 Å². The average molecular weight is 344 g/mol. The van der Waals surface area contributed by atoms with Crippen molar-refractivity contribution >= 4 is 0 Å². The van der Waals surface area contributed by atoms with Crippen LogP contribution >= 0.6 is 0 Å². The molecule has 3 aromatic carbocycles. The Labute approximate surface area is 150 Å². The molecular formula is C21H16N2O3. The molecule has 1 aromatic heterocycles. The summed E-state index contributed by atoms with van der Waals surface area (Å²) in [5.41, 5.74) is 3.64. The van der Waals surface area contributed by atoms with Crippen LogP contribution in [0.2, 0.25) is 0 Å². The number of benzene rings is 3. The lowest BCUT2D eigenvalue weighted by Crippen LogP contribution is -2.13. The maximum Gasteiger partial charge on any atom is 0.444 e. The fraction of sp³-hybridized carbons (Fsp3) is 0.0476. The van der Waals surface area contributed by atoms with Crippen LogP contribution in [0.5, 0.6) is 6.08 Å². The van der Waals surface area contributed by atoms with E-state index < -0.39 is 5.76 Å². The molecule has 0 spiro atoms. The van der Waals surface area contributed by atoms with Gasteiger partial charge in [-0.05, 0) is 28.8 Å². The molecule has 0 saturated carbocycles. The van der Waals surface area contributed by atoms with E-state index in [4.69, 9.17) is 9.15 Å². The first-order chi connectivity index (χ1) is 12.8. The van der Waals surface area contributed by atoms with Crippen molar-refractivity contribution in [2.75, 3.05) is 0 Å². The van der Waals surface area contributed by atoms with Crippen molar-refractivity contribution in [2.24, 2.45) is 0 Å². The summed E-state index contributed by atoms with van der Waals surface area (Å²) in [6.07, 6.45) is -0.0519. The number of rotatable bonds is 5. The predicted octanol–water partition coefficient (Wildman–Crippen LogP) is 4.07. The maximum absolute atomic E-state index is 12.2. The van der Waals surface area contributed by atoms with Crippen molar-refractivity contribution in [3.63, 3.8) is 0 Å². The Morgan fingerprint density at radius 2 is 1.54 bits per heavy atom. The highest BCUT2D eigenvalue weighted by molar-refractivity contribution is 5.65. The minimum absolute atomic E-state index is 0.0519. The number of ether oxygens (including phenoxy) is 1. The number of aromatic nitrogens is 2. The second-order valence-electron chi connectivity index (χ2n) is 5.74. The summed E-state index contributed by atoms with van der Waals surface area (Å²) in [6.45, 7) is 0.283. The van der Waals surface area contributed by atoms with Crippen LogP contribution in [0.15, 0.2) is 94.1 Å². The first kappa shape index (κ1) is 15.9. The summed E-state index contributed by atoms with van der Waals surface area (Å²) in [5, 5.41) is 4.15. The van der Waals surface area contributed by atoms with E-state index in [9.17, 15) is 4.79 Å². The van der Waals surface area contributed by atoms with Crippen molar-refractivity contribution < 1.29 is 9.15 Å². The molecule has 0 aliphatic carbocycles. The quantitative estimate of drug-likeness (QED) is 0.547. The SMILES string of the molecule is O=c1oc(OCc2ccccc2)nn1-c1cccc(-c2ccccc2)c1. The Balaban J connectivity index is 1.59. The zero-order chi connectivity index (χ0) is 17.8. The Morgan fingerprint density at radius 3 is 2.31 bits per heavy atom. The van der Waals surface area contributed by atoms with Crippen LogP contribution in [-0.4, -0.2) is 9.78 Å². The highest BCUT2D eigenvalue weighted by Gasteiger charge is 2.12. The molecule has 128 valence electrons. The lowest BCUT2D eigenvalue weighted by molar-refractivity contribution is 0.215. The van der Waals surface area contributed by atoms with Crippen molar-refractivity contribution in [1.29, 1.82) is 0 Å². The third kappa shape index (κ3) is 3.42. The standard InChI is InChI=1S/C21H16N2O3/c24-21-23(22-20(26-21)25-15-16-8-3-1-4-9-16)19-13-7-12-18(14-19)17-10-5-2-6-11-17/h1-14H,15H2. The molecule has 1 heterocycles. The minimum Gasteiger partial charge on any atom is -0.444 e. The summed E-state index contributed by atoms with van der Waals surface area (Å²) in [6, 6.07) is 27.1. The molecule has 0 radical (unpaired) electrons. The van der Waals surface area contributed by atoms with Crippen molar-refractivity contribution in [2.45, 2.75) is 6.61 Å². The van der Waals surface area contributed by atoms with E-state index >= 15 is 0 Å². The van der Waals surface area contributed by atoms with Gasteiger partial charge in [0.2, 0.25) is 0 Å². The molecular weight excluding hydrogens is 328 g/mol. The fourth-order valence-corrected chi connectivity index (χ4v) is 2.65. The van der Waals surface area contributed by atoms with Gasteiger partial charge in [0.15, 0.2) is 0 Å². The van der Waals surface area contributed by atoms with E-state index in [-0.39, 0.29) is 12.7 Å². The van der Waals surface area contributed by atoms with E-state index in [1.165, 1.54) is 4.68 Å². The molecule has 5 nitrogen and oxygen atoms in total. The minimum atomic E-state index is -0.585. The average Bonchev–Trinajstić information content (AvgIpc) is 3.09. The number of hydrogen-bond acceptors (Lipinski definition) is 4. The molecule has 0 amide bonds. The van der Waals surface area contributed by atoms with Crippen molar-refractivity contribution in [3.05, 3.63) is 101 Å². The first-order valence-electron chi connectivity index (χ1n) is 8.22. The molecule has 0 aliphatic rings. The first-order valence-corrected chi connectivity index (χ1v) is 8.22. The predicted molar refractivity (Wildman–Crippen MR) is 98.3 cm³/mol. The van der Waals surface area contributed by atoms with Gasteiger partial charge in [-0.1, -0.05) is 77.9 Å². The molecule has 0 fully saturated rings. The Bertz CT molecular complexity index is 1050. The molecule has 0 saturated heterocycles. The Kier molecular flexibility index (Phi) is 4.35. The fourth-order valence-electron chi connectivity index (χ4n) is 2.65. The molecule has 0 N–H and O–H groups in total. The molecule has 0 aliphatic heterocycles. The third-order valence-corrected chi connectivity index (χ3v) is 3.93. The van der Waals surface area contributed by atoms with Gasteiger partial charge >= 0.3 is 11.8 Å². The molecule has 0 bridgehead atoms. The monoisotopic (exact) mass is 344 g/mol. The van der Waals surface area contributed by atoms with Crippen molar-refractivity contribution in [1.82, 2.24) is 9.78 Å². The van der Waals surface area contributed by atoms with Crippen LogP contribution in [0.1, 0.15) is 5.56 Å². The van der Waals surface area contributed by atoms with Crippen LogP contribution < -0.4 is 10.5 Å². The summed E-state index contributed by atoms with van der Waals surface area (Å²) in [7, 11) is 0. The summed E-state index contributed by atoms with van der Waals surface area (Å²) in [5.74, 6) is -0.585. The van der Waals surface area contributed by atoms with Gasteiger partial charge in [0, 0.05) is 0 Å². The second-order valence-corrected chi connectivity index (χ2v) is 5.74. The Morgan fingerprint density at radius 1 is 0.846 bits per heavy atom. The normalized spacial score (nSPS) is 10.6. The lowest BCUT2D eigenvalue weighted by Gasteiger charge is -2.04. The van der Waals surface area contributed by atoms with Gasteiger partial charge in [-0.3, -0.25) is 0 Å². The Hall–Kier alpha value is -3.60. The van der Waals surface area contributed by atoms with Gasteiger partial charge in [-0.15, -0.1) is 0 Å². The van der Waals surface area contributed by atoms with Crippen LogP contribution in [-0.2, 0) is 6.61 Å².